The molecule has 2 aromatic carbocycles. The summed E-state index contributed by atoms with van der Waals surface area (Å²) in [5.74, 6) is -0.0291. The van der Waals surface area contributed by atoms with Gasteiger partial charge in [-0.3, -0.25) is 4.79 Å². The number of nitrogens with one attached hydrogen (secondary N) is 1. The number of carbonyl (C=O) groups is 1. The van der Waals surface area contributed by atoms with Gasteiger partial charge in [-0.25, -0.2) is 0 Å². The van der Waals surface area contributed by atoms with Crippen LogP contribution >= 0.6 is 15.9 Å². The van der Waals surface area contributed by atoms with Gasteiger partial charge in [-0.05, 0) is 55.7 Å². The van der Waals surface area contributed by atoms with Crippen molar-refractivity contribution in [1.29, 1.82) is 0 Å². The summed E-state index contributed by atoms with van der Waals surface area (Å²) in [6, 6.07) is 15.8. The molecule has 0 aliphatic carbocycles. The van der Waals surface area contributed by atoms with Crippen LogP contribution in [0.5, 0.6) is 0 Å². The lowest BCUT2D eigenvalue weighted by molar-refractivity contribution is 0.0940. The fraction of sp³-hybridized carbons (Fsp3) is 0.235. The van der Waals surface area contributed by atoms with E-state index < -0.39 is 0 Å². The van der Waals surface area contributed by atoms with E-state index in [4.69, 9.17) is 0 Å². The predicted octanol–water partition coefficient (Wildman–Crippen LogP) is 4.12. The highest BCUT2D eigenvalue weighted by atomic mass is 79.9. The molecule has 0 aromatic heterocycles. The van der Waals surface area contributed by atoms with Crippen molar-refractivity contribution in [3.63, 3.8) is 0 Å². The lowest BCUT2D eigenvalue weighted by Crippen LogP contribution is -2.34. The molecule has 0 saturated carbocycles. The van der Waals surface area contributed by atoms with Crippen molar-refractivity contribution < 1.29 is 4.79 Å². The third-order valence-electron chi connectivity index (χ3n) is 3.27. The normalized spacial score (nSPS) is 11.9. The Bertz CT molecular complexity index is 592. The number of carbonyl (C=O) groups excluding carboxylic acids is 1. The zero-order valence-electron chi connectivity index (χ0n) is 11.7. The van der Waals surface area contributed by atoms with Gasteiger partial charge in [-0.2, -0.15) is 0 Å². The molecule has 104 valence electrons. The molecule has 0 heterocycles. The van der Waals surface area contributed by atoms with Crippen LogP contribution in [0.2, 0.25) is 0 Å². The Hall–Kier alpha value is -1.61. The largest absolute Gasteiger partial charge is 0.349 e. The van der Waals surface area contributed by atoms with Crippen LogP contribution in [-0.2, 0) is 6.42 Å². The van der Waals surface area contributed by atoms with E-state index in [1.165, 1.54) is 11.1 Å². The van der Waals surface area contributed by atoms with E-state index in [0.717, 1.165) is 10.9 Å². The Balaban J connectivity index is 1.98. The molecular formula is C17H18BrNO. The van der Waals surface area contributed by atoms with E-state index in [0.29, 0.717) is 5.56 Å². The molecule has 20 heavy (non-hydrogen) atoms. The van der Waals surface area contributed by atoms with Crippen molar-refractivity contribution in [1.82, 2.24) is 5.32 Å². The van der Waals surface area contributed by atoms with Gasteiger partial charge in [-0.1, -0.05) is 40.2 Å². The van der Waals surface area contributed by atoms with Crippen molar-refractivity contribution in [2.24, 2.45) is 0 Å². The quantitative estimate of drug-likeness (QED) is 0.897. The standard InChI is InChI=1S/C17H18BrNO/c1-12-5-3-4-6-15(12)11-13(2)19-17(20)14-7-9-16(18)10-8-14/h3-10,13H,11H2,1-2H3,(H,19,20). The van der Waals surface area contributed by atoms with Crippen LogP contribution in [0.4, 0.5) is 0 Å². The van der Waals surface area contributed by atoms with E-state index in [-0.39, 0.29) is 11.9 Å². The Kier molecular flexibility index (Phi) is 4.96. The van der Waals surface area contributed by atoms with Crippen LogP contribution in [0.15, 0.2) is 53.0 Å². The van der Waals surface area contributed by atoms with Gasteiger partial charge in [0.1, 0.15) is 0 Å². The average molecular weight is 332 g/mol. The van der Waals surface area contributed by atoms with Gasteiger partial charge in [0.15, 0.2) is 0 Å². The van der Waals surface area contributed by atoms with Gasteiger partial charge in [0.2, 0.25) is 0 Å². The van der Waals surface area contributed by atoms with E-state index in [2.05, 4.69) is 40.3 Å². The average Bonchev–Trinajstić information content (AvgIpc) is 2.42. The number of benzene rings is 2. The van der Waals surface area contributed by atoms with Crippen molar-refractivity contribution in [2.45, 2.75) is 26.3 Å². The number of rotatable bonds is 4. The molecule has 1 atom stereocenters. The third kappa shape index (κ3) is 3.94. The Morgan fingerprint density at radius 2 is 1.80 bits per heavy atom. The highest BCUT2D eigenvalue weighted by Gasteiger charge is 2.11. The van der Waals surface area contributed by atoms with Crippen LogP contribution < -0.4 is 5.32 Å². The number of halogens is 1. The van der Waals surface area contributed by atoms with E-state index in [9.17, 15) is 4.79 Å². The topological polar surface area (TPSA) is 29.1 Å². The first-order chi connectivity index (χ1) is 9.56. The monoisotopic (exact) mass is 331 g/mol. The Morgan fingerprint density at radius 3 is 2.45 bits per heavy atom. The van der Waals surface area contributed by atoms with Gasteiger partial charge < -0.3 is 5.32 Å². The zero-order chi connectivity index (χ0) is 14.5. The predicted molar refractivity (Wildman–Crippen MR) is 86.0 cm³/mol. The lowest BCUT2D eigenvalue weighted by atomic mass is 10.0. The maximum absolute atomic E-state index is 12.1. The van der Waals surface area contributed by atoms with Crippen LogP contribution in [-0.4, -0.2) is 11.9 Å². The smallest absolute Gasteiger partial charge is 0.251 e. The van der Waals surface area contributed by atoms with Crippen LogP contribution in [0.3, 0.4) is 0 Å². The zero-order valence-corrected chi connectivity index (χ0v) is 13.3. The van der Waals surface area contributed by atoms with Gasteiger partial charge in [-0.15, -0.1) is 0 Å². The molecule has 2 nitrogen and oxygen atoms in total. The summed E-state index contributed by atoms with van der Waals surface area (Å²) in [6.45, 7) is 4.13. The Labute approximate surface area is 128 Å². The molecule has 0 saturated heterocycles. The second-order valence-corrected chi connectivity index (χ2v) is 5.93. The summed E-state index contributed by atoms with van der Waals surface area (Å²) in [5, 5.41) is 3.04. The molecule has 0 radical (unpaired) electrons. The fourth-order valence-electron chi connectivity index (χ4n) is 2.13. The molecule has 1 amide bonds. The Morgan fingerprint density at radius 1 is 1.15 bits per heavy atom. The summed E-state index contributed by atoms with van der Waals surface area (Å²) < 4.78 is 0.974. The maximum Gasteiger partial charge on any atom is 0.251 e. The van der Waals surface area contributed by atoms with Crippen molar-refractivity contribution in [2.75, 3.05) is 0 Å². The molecule has 0 bridgehead atoms. The molecular weight excluding hydrogens is 314 g/mol. The lowest BCUT2D eigenvalue weighted by Gasteiger charge is -2.15. The summed E-state index contributed by atoms with van der Waals surface area (Å²) in [6.07, 6.45) is 0.842. The fourth-order valence-corrected chi connectivity index (χ4v) is 2.39. The summed E-state index contributed by atoms with van der Waals surface area (Å²) >= 11 is 3.37. The number of hydrogen-bond donors (Lipinski definition) is 1. The SMILES string of the molecule is Cc1ccccc1CC(C)NC(=O)c1ccc(Br)cc1. The first kappa shape index (κ1) is 14.8. The van der Waals surface area contributed by atoms with Crippen LogP contribution in [0, 0.1) is 6.92 Å². The minimum atomic E-state index is -0.0291. The second kappa shape index (κ2) is 6.71. The molecule has 0 spiro atoms. The molecule has 1 unspecified atom stereocenters. The van der Waals surface area contributed by atoms with Crippen molar-refractivity contribution >= 4 is 21.8 Å². The van der Waals surface area contributed by atoms with Crippen LogP contribution in [0.25, 0.3) is 0 Å². The second-order valence-electron chi connectivity index (χ2n) is 5.01. The van der Waals surface area contributed by atoms with Crippen molar-refractivity contribution in [3.8, 4) is 0 Å². The molecule has 2 rings (SSSR count). The molecule has 3 heteroatoms. The minimum Gasteiger partial charge on any atom is -0.349 e. The number of hydrogen-bond acceptors (Lipinski definition) is 1. The highest BCUT2D eigenvalue weighted by Crippen LogP contribution is 2.12. The van der Waals surface area contributed by atoms with Gasteiger partial charge in [0.05, 0.1) is 0 Å². The number of aryl methyl sites for hydroxylation is 1. The first-order valence-corrected chi connectivity index (χ1v) is 7.46. The van der Waals surface area contributed by atoms with Crippen LogP contribution in [0.1, 0.15) is 28.4 Å². The third-order valence-corrected chi connectivity index (χ3v) is 3.80. The van der Waals surface area contributed by atoms with Gasteiger partial charge in [0, 0.05) is 16.1 Å². The summed E-state index contributed by atoms with van der Waals surface area (Å²) in [7, 11) is 0. The van der Waals surface area contributed by atoms with E-state index in [1.54, 1.807) is 0 Å². The molecule has 1 N–H and O–H groups in total. The molecule has 2 aromatic rings. The van der Waals surface area contributed by atoms with E-state index in [1.807, 2.05) is 43.3 Å². The highest BCUT2D eigenvalue weighted by molar-refractivity contribution is 9.10. The van der Waals surface area contributed by atoms with Crippen molar-refractivity contribution in [3.05, 3.63) is 69.7 Å². The first-order valence-electron chi connectivity index (χ1n) is 6.67. The van der Waals surface area contributed by atoms with E-state index >= 15 is 0 Å². The summed E-state index contributed by atoms with van der Waals surface area (Å²) in [4.78, 5) is 12.1. The number of amides is 1. The van der Waals surface area contributed by atoms with Gasteiger partial charge >= 0.3 is 0 Å². The minimum absolute atomic E-state index is 0.0291. The molecule has 0 fully saturated rings. The molecule has 0 aliphatic rings. The van der Waals surface area contributed by atoms with Gasteiger partial charge in [0.25, 0.3) is 5.91 Å². The summed E-state index contributed by atoms with van der Waals surface area (Å²) in [5.41, 5.74) is 3.22. The maximum atomic E-state index is 12.1. The molecule has 0 aliphatic heterocycles.